The van der Waals surface area contributed by atoms with Crippen LogP contribution in [-0.4, -0.2) is 75.3 Å². The fourth-order valence-corrected chi connectivity index (χ4v) is 3.53. The Morgan fingerprint density at radius 3 is 2.36 bits per heavy atom. The average molecular weight is 423 g/mol. The molecule has 12 heteroatoms. The van der Waals surface area contributed by atoms with E-state index in [-0.39, 0.29) is 11.6 Å². The number of amidine groups is 1. The van der Waals surface area contributed by atoms with E-state index in [1.807, 2.05) is 6.92 Å². The predicted octanol–water partition coefficient (Wildman–Crippen LogP) is -2.01. The molecule has 2 atom stereocenters. The van der Waals surface area contributed by atoms with Crippen molar-refractivity contribution in [3.05, 3.63) is 0 Å². The van der Waals surface area contributed by atoms with Gasteiger partial charge in [0, 0.05) is 6.54 Å². The molecule has 0 aliphatic rings. The first-order valence-electron chi connectivity index (χ1n) is 9.35. The molecule has 0 saturated heterocycles. The molecule has 2 amide bonds. The lowest BCUT2D eigenvalue weighted by Gasteiger charge is -2.19. The highest BCUT2D eigenvalue weighted by atomic mass is 32.2. The van der Waals surface area contributed by atoms with E-state index in [9.17, 15) is 23.1 Å². The normalized spacial score (nSPS) is 13.5. The first-order valence-corrected chi connectivity index (χ1v) is 11.0. The zero-order valence-electron chi connectivity index (χ0n) is 16.6. The van der Waals surface area contributed by atoms with Crippen LogP contribution < -0.4 is 26.4 Å². The van der Waals surface area contributed by atoms with Gasteiger partial charge in [0.05, 0.1) is 18.9 Å². The van der Waals surface area contributed by atoms with Crippen LogP contribution in [0.15, 0.2) is 0 Å². The summed E-state index contributed by atoms with van der Waals surface area (Å²) in [7, 11) is -3.69. The molecule has 0 rings (SSSR count). The van der Waals surface area contributed by atoms with Crippen LogP contribution in [0, 0.1) is 5.41 Å². The standard InChI is InChI=1S/C16H34N6O5S/c1-3-4-9-28(26,27)22-13(11-23)16(25)21-12(2)15(24)20-8-6-5-7-19-10-14(17)18/h12-13,19,22-23H,3-11H2,1-2H3,(H3,17,18)(H,20,24)(H,21,25)/t12-,13?/m0/s1. The molecule has 1 unspecified atom stereocenters. The Kier molecular flexibility index (Phi) is 13.4. The summed E-state index contributed by atoms with van der Waals surface area (Å²) >= 11 is 0. The molecule has 28 heavy (non-hydrogen) atoms. The first kappa shape index (κ1) is 26.2. The summed E-state index contributed by atoms with van der Waals surface area (Å²) in [6.07, 6.45) is 2.60. The first-order chi connectivity index (χ1) is 13.1. The molecule has 11 nitrogen and oxygen atoms in total. The topological polar surface area (TPSA) is 186 Å². The molecular formula is C16H34N6O5S. The lowest BCUT2D eigenvalue weighted by molar-refractivity contribution is -0.129. The summed E-state index contributed by atoms with van der Waals surface area (Å²) in [5.41, 5.74) is 5.21. The maximum absolute atomic E-state index is 12.1. The monoisotopic (exact) mass is 422 g/mol. The number of sulfonamides is 1. The molecule has 0 saturated carbocycles. The van der Waals surface area contributed by atoms with Gasteiger partial charge in [0.15, 0.2) is 0 Å². The zero-order valence-corrected chi connectivity index (χ0v) is 17.4. The van der Waals surface area contributed by atoms with Crippen molar-refractivity contribution >= 4 is 27.7 Å². The van der Waals surface area contributed by atoms with Gasteiger partial charge in [0.1, 0.15) is 17.9 Å². The third kappa shape index (κ3) is 12.6. The summed E-state index contributed by atoms with van der Waals surface area (Å²) in [5, 5.41) is 24.4. The molecule has 0 bridgehead atoms. The van der Waals surface area contributed by atoms with Gasteiger partial charge in [-0.05, 0) is 32.7 Å². The Hall–Kier alpha value is -1.76. The van der Waals surface area contributed by atoms with Gasteiger partial charge >= 0.3 is 0 Å². The van der Waals surface area contributed by atoms with Gasteiger partial charge < -0.3 is 26.8 Å². The van der Waals surface area contributed by atoms with E-state index in [1.54, 1.807) is 0 Å². The molecule has 0 aromatic carbocycles. The van der Waals surface area contributed by atoms with Gasteiger partial charge in [-0.3, -0.25) is 15.0 Å². The van der Waals surface area contributed by atoms with Crippen molar-refractivity contribution in [3.63, 3.8) is 0 Å². The minimum atomic E-state index is -3.69. The number of aliphatic hydroxyl groups excluding tert-OH is 1. The van der Waals surface area contributed by atoms with E-state index < -0.39 is 40.5 Å². The van der Waals surface area contributed by atoms with Crippen LogP contribution >= 0.6 is 0 Å². The molecule has 0 aromatic rings. The Morgan fingerprint density at radius 1 is 1.14 bits per heavy atom. The average Bonchev–Trinajstić information content (AvgIpc) is 2.63. The van der Waals surface area contributed by atoms with Crippen LogP contribution in [0.2, 0.25) is 0 Å². The van der Waals surface area contributed by atoms with E-state index in [2.05, 4.69) is 20.7 Å². The van der Waals surface area contributed by atoms with Crippen molar-refractivity contribution in [2.75, 3.05) is 32.0 Å². The highest BCUT2D eigenvalue weighted by Gasteiger charge is 2.26. The van der Waals surface area contributed by atoms with Gasteiger partial charge in [-0.2, -0.15) is 0 Å². The van der Waals surface area contributed by atoms with Crippen molar-refractivity contribution in [3.8, 4) is 0 Å². The third-order valence-corrected chi connectivity index (χ3v) is 5.20. The van der Waals surface area contributed by atoms with E-state index in [0.29, 0.717) is 38.9 Å². The van der Waals surface area contributed by atoms with Crippen molar-refractivity contribution in [2.24, 2.45) is 5.73 Å². The molecular weight excluding hydrogens is 388 g/mol. The quantitative estimate of drug-likeness (QED) is 0.0850. The maximum Gasteiger partial charge on any atom is 0.242 e. The molecule has 8 N–H and O–H groups in total. The lowest BCUT2D eigenvalue weighted by atomic mass is 10.2. The number of carbonyl (C=O) groups excluding carboxylic acids is 2. The lowest BCUT2D eigenvalue weighted by Crippen LogP contribution is -2.54. The number of amides is 2. The van der Waals surface area contributed by atoms with Crippen LogP contribution in [0.4, 0.5) is 0 Å². The van der Waals surface area contributed by atoms with Gasteiger partial charge in [0.2, 0.25) is 21.8 Å². The Labute approximate surface area is 166 Å². The number of nitrogens with two attached hydrogens (primary N) is 1. The van der Waals surface area contributed by atoms with Crippen molar-refractivity contribution < 1.29 is 23.1 Å². The molecule has 0 aromatic heterocycles. The second-order valence-electron chi connectivity index (χ2n) is 6.46. The van der Waals surface area contributed by atoms with Gasteiger partial charge in [0.25, 0.3) is 0 Å². The molecule has 0 heterocycles. The van der Waals surface area contributed by atoms with Crippen LogP contribution in [0.3, 0.4) is 0 Å². The van der Waals surface area contributed by atoms with E-state index in [4.69, 9.17) is 11.1 Å². The van der Waals surface area contributed by atoms with Gasteiger partial charge in [-0.1, -0.05) is 13.3 Å². The van der Waals surface area contributed by atoms with Crippen LogP contribution in [0.5, 0.6) is 0 Å². The van der Waals surface area contributed by atoms with E-state index >= 15 is 0 Å². The smallest absolute Gasteiger partial charge is 0.242 e. The number of carbonyl (C=O) groups is 2. The molecule has 0 aliphatic carbocycles. The Bertz CT molecular complexity index is 598. The zero-order chi connectivity index (χ0) is 21.6. The number of hydrogen-bond donors (Lipinski definition) is 7. The van der Waals surface area contributed by atoms with Crippen molar-refractivity contribution in [2.45, 2.75) is 51.6 Å². The molecule has 0 aliphatic heterocycles. The van der Waals surface area contributed by atoms with Crippen molar-refractivity contribution in [1.82, 2.24) is 20.7 Å². The third-order valence-electron chi connectivity index (χ3n) is 3.73. The summed E-state index contributed by atoms with van der Waals surface area (Å²) in [5.74, 6) is -1.24. The largest absolute Gasteiger partial charge is 0.394 e. The second kappa shape index (κ2) is 14.3. The molecule has 0 fully saturated rings. The van der Waals surface area contributed by atoms with Crippen molar-refractivity contribution in [1.29, 1.82) is 5.41 Å². The maximum atomic E-state index is 12.1. The van der Waals surface area contributed by atoms with Gasteiger partial charge in [-0.25, -0.2) is 13.1 Å². The second-order valence-corrected chi connectivity index (χ2v) is 8.33. The summed E-state index contributed by atoms with van der Waals surface area (Å²) in [4.78, 5) is 24.1. The minimum absolute atomic E-state index is 0.0618. The van der Waals surface area contributed by atoms with Crippen LogP contribution in [0.1, 0.15) is 39.5 Å². The number of unbranched alkanes of at least 4 members (excludes halogenated alkanes) is 2. The molecule has 0 spiro atoms. The highest BCUT2D eigenvalue weighted by Crippen LogP contribution is 1.97. The molecule has 0 radical (unpaired) electrons. The number of nitrogens with one attached hydrogen (secondary N) is 5. The summed E-state index contributed by atoms with van der Waals surface area (Å²) in [6.45, 7) is 4.00. The van der Waals surface area contributed by atoms with E-state index in [1.165, 1.54) is 6.92 Å². The molecule has 164 valence electrons. The fourth-order valence-electron chi connectivity index (χ4n) is 2.13. The van der Waals surface area contributed by atoms with Gasteiger partial charge in [-0.15, -0.1) is 0 Å². The fraction of sp³-hybridized carbons (Fsp3) is 0.812. The Balaban J connectivity index is 4.24. The SMILES string of the molecule is CCCCS(=O)(=O)NC(CO)C(=O)N[C@@H](C)C(=O)NCCCCNCC(=N)N. The number of aliphatic hydroxyl groups is 1. The van der Waals surface area contributed by atoms with Crippen LogP contribution in [0.25, 0.3) is 0 Å². The Morgan fingerprint density at radius 2 is 1.79 bits per heavy atom. The number of rotatable bonds is 16. The highest BCUT2D eigenvalue weighted by molar-refractivity contribution is 7.89. The van der Waals surface area contributed by atoms with E-state index in [0.717, 1.165) is 6.42 Å². The van der Waals surface area contributed by atoms with Crippen LogP contribution in [-0.2, 0) is 19.6 Å². The minimum Gasteiger partial charge on any atom is -0.394 e. The summed E-state index contributed by atoms with van der Waals surface area (Å²) in [6, 6.07) is -2.22. The number of hydrogen-bond acceptors (Lipinski definition) is 7. The predicted molar refractivity (Wildman–Crippen MR) is 107 cm³/mol. The summed E-state index contributed by atoms with van der Waals surface area (Å²) < 4.78 is 25.9.